The molecule has 8 heteroatoms. The average Bonchev–Trinajstić information content (AvgIpc) is 2.77. The molecule has 0 spiro atoms. The minimum Gasteiger partial charge on any atom is -0.275 e. The summed E-state index contributed by atoms with van der Waals surface area (Å²) in [6.45, 7) is 0. The first-order valence-electron chi connectivity index (χ1n) is 4.86. The van der Waals surface area contributed by atoms with Crippen LogP contribution in [0.4, 0.5) is 0 Å². The standard InChI is InChI=1S/C12H6N5O2.Na/c1-17(19-2)12(18)11-9(5-15)7(3-13)8(4-14)10(11)6-16;/h1-2H3;/q;+1. The van der Waals surface area contributed by atoms with E-state index in [1.807, 2.05) is 0 Å². The molecule has 5 radical (unpaired) electrons. The van der Waals surface area contributed by atoms with Gasteiger partial charge in [0.1, 0.15) is 29.6 Å². The van der Waals surface area contributed by atoms with Crippen molar-refractivity contribution in [3.8, 4) is 24.3 Å². The van der Waals surface area contributed by atoms with Crippen LogP contribution >= 0.6 is 0 Å². The molecule has 0 saturated heterocycles. The van der Waals surface area contributed by atoms with Gasteiger partial charge in [-0.05, 0) is 0 Å². The van der Waals surface area contributed by atoms with Gasteiger partial charge in [0.15, 0.2) is 0 Å². The normalized spacial score (nSPS) is 17.3. The minimum absolute atomic E-state index is 0. The molecule has 0 aliphatic heterocycles. The number of nitrogens with zero attached hydrogens (tertiary/aromatic N) is 5. The van der Waals surface area contributed by atoms with Crippen molar-refractivity contribution in [3.63, 3.8) is 0 Å². The second-order valence-corrected chi connectivity index (χ2v) is 3.31. The molecule has 1 saturated carbocycles. The summed E-state index contributed by atoms with van der Waals surface area (Å²) in [6, 6.07) is 6.68. The molecule has 91 valence electrons. The van der Waals surface area contributed by atoms with E-state index < -0.39 is 5.91 Å². The SMILES string of the molecule is CON(C)C(=O)[C]1[C](C#N)[C](C#N)[C](C#N)[C]1C#N.[Na+]. The van der Waals surface area contributed by atoms with Crippen LogP contribution in [0.2, 0.25) is 0 Å². The van der Waals surface area contributed by atoms with Crippen molar-refractivity contribution in [1.29, 1.82) is 21.0 Å². The van der Waals surface area contributed by atoms with Crippen molar-refractivity contribution in [2.24, 2.45) is 0 Å². The molecule has 1 aliphatic rings. The number of carbonyl (C=O) groups excluding carboxylic acids is 1. The minimum atomic E-state index is -0.770. The molecular weight excluding hydrogens is 269 g/mol. The Morgan fingerprint density at radius 1 is 0.950 bits per heavy atom. The number of carbonyl (C=O) groups is 1. The summed E-state index contributed by atoms with van der Waals surface area (Å²) in [5.74, 6) is -2.17. The van der Waals surface area contributed by atoms with Gasteiger partial charge in [-0.25, -0.2) is 5.06 Å². The largest absolute Gasteiger partial charge is 1.00 e. The molecule has 0 atom stereocenters. The van der Waals surface area contributed by atoms with Crippen molar-refractivity contribution in [2.75, 3.05) is 14.2 Å². The summed E-state index contributed by atoms with van der Waals surface area (Å²) in [7, 11) is 2.52. The van der Waals surface area contributed by atoms with Crippen LogP contribution in [0.3, 0.4) is 0 Å². The number of amides is 1. The van der Waals surface area contributed by atoms with E-state index in [0.29, 0.717) is 0 Å². The van der Waals surface area contributed by atoms with Gasteiger partial charge in [-0.2, -0.15) is 21.0 Å². The van der Waals surface area contributed by atoms with Crippen LogP contribution in [-0.4, -0.2) is 25.1 Å². The molecule has 1 rings (SSSR count). The van der Waals surface area contributed by atoms with Crippen molar-refractivity contribution < 1.29 is 39.2 Å². The molecule has 20 heavy (non-hydrogen) atoms. The van der Waals surface area contributed by atoms with Crippen LogP contribution < -0.4 is 29.6 Å². The van der Waals surface area contributed by atoms with Gasteiger partial charge < -0.3 is 0 Å². The molecule has 0 aromatic carbocycles. The fourth-order valence-electron chi connectivity index (χ4n) is 1.53. The maximum absolute atomic E-state index is 12.0. The zero-order chi connectivity index (χ0) is 14.6. The quantitative estimate of drug-likeness (QED) is 0.390. The van der Waals surface area contributed by atoms with Crippen molar-refractivity contribution in [1.82, 2.24) is 5.06 Å². The number of rotatable bonds is 2. The first-order valence-corrected chi connectivity index (χ1v) is 4.86. The van der Waals surface area contributed by atoms with E-state index in [9.17, 15) is 4.79 Å². The van der Waals surface area contributed by atoms with Gasteiger partial charge in [0.2, 0.25) is 0 Å². The second kappa shape index (κ2) is 7.85. The predicted molar refractivity (Wildman–Crippen MR) is 58.4 cm³/mol. The Morgan fingerprint density at radius 2 is 1.30 bits per heavy atom. The summed E-state index contributed by atoms with van der Waals surface area (Å²) in [5.41, 5.74) is 0. The third kappa shape index (κ3) is 2.93. The first kappa shape index (κ1) is 18.4. The summed E-state index contributed by atoms with van der Waals surface area (Å²) in [6.07, 6.45) is 0. The van der Waals surface area contributed by atoms with Crippen LogP contribution in [0.1, 0.15) is 0 Å². The number of hydroxylamine groups is 2. The van der Waals surface area contributed by atoms with E-state index in [4.69, 9.17) is 21.0 Å². The van der Waals surface area contributed by atoms with E-state index in [1.165, 1.54) is 14.2 Å². The Morgan fingerprint density at radius 3 is 1.55 bits per heavy atom. The van der Waals surface area contributed by atoms with Crippen LogP contribution in [0, 0.1) is 74.9 Å². The molecule has 0 unspecified atom stereocenters. The molecule has 0 heterocycles. The van der Waals surface area contributed by atoms with E-state index in [1.54, 1.807) is 24.3 Å². The molecule has 1 fully saturated rings. The Balaban J connectivity index is 0.00000361. The van der Waals surface area contributed by atoms with Crippen molar-refractivity contribution >= 4 is 5.91 Å². The first-order chi connectivity index (χ1) is 9.06. The number of hydrogen-bond acceptors (Lipinski definition) is 6. The van der Waals surface area contributed by atoms with Gasteiger partial charge in [-0.1, -0.05) is 0 Å². The van der Waals surface area contributed by atoms with Crippen LogP contribution in [-0.2, 0) is 9.63 Å². The molecule has 0 aromatic rings. The van der Waals surface area contributed by atoms with E-state index in [0.717, 1.165) is 5.06 Å². The van der Waals surface area contributed by atoms with E-state index in [2.05, 4.69) is 4.84 Å². The molecule has 0 N–H and O–H groups in total. The second-order valence-electron chi connectivity index (χ2n) is 3.31. The summed E-state index contributed by atoms with van der Waals surface area (Å²) < 4.78 is 0. The fourth-order valence-corrected chi connectivity index (χ4v) is 1.53. The third-order valence-electron chi connectivity index (χ3n) is 2.47. The van der Waals surface area contributed by atoms with Crippen molar-refractivity contribution in [3.05, 3.63) is 29.6 Å². The van der Waals surface area contributed by atoms with Crippen LogP contribution in [0.25, 0.3) is 0 Å². The fraction of sp³-hybridized carbons (Fsp3) is 0.167. The molecular formula is C12H6N5NaO2+. The Bertz CT molecular complexity index is 500. The molecule has 0 bridgehead atoms. The Kier molecular flexibility index (Phi) is 7.22. The smallest absolute Gasteiger partial charge is 0.275 e. The van der Waals surface area contributed by atoms with Gasteiger partial charge in [0.05, 0.1) is 31.4 Å². The van der Waals surface area contributed by atoms with Crippen LogP contribution in [0.15, 0.2) is 0 Å². The van der Waals surface area contributed by atoms with Gasteiger partial charge >= 0.3 is 29.6 Å². The predicted octanol–water partition coefficient (Wildman–Crippen LogP) is -3.01. The van der Waals surface area contributed by atoms with Crippen molar-refractivity contribution in [2.45, 2.75) is 0 Å². The number of nitriles is 4. The van der Waals surface area contributed by atoms with Gasteiger partial charge in [0.25, 0.3) is 5.91 Å². The third-order valence-corrected chi connectivity index (χ3v) is 2.47. The zero-order valence-electron chi connectivity index (χ0n) is 11.1. The topological polar surface area (TPSA) is 125 Å². The van der Waals surface area contributed by atoms with Gasteiger partial charge in [-0.3, -0.25) is 9.63 Å². The summed E-state index contributed by atoms with van der Waals surface area (Å²) in [5, 5.41) is 36.8. The molecule has 1 amide bonds. The molecule has 7 nitrogen and oxygen atoms in total. The zero-order valence-corrected chi connectivity index (χ0v) is 13.1. The van der Waals surface area contributed by atoms with E-state index in [-0.39, 0.29) is 59.1 Å². The monoisotopic (exact) mass is 275 g/mol. The Labute approximate surface area is 139 Å². The maximum atomic E-state index is 12.0. The summed E-state index contributed by atoms with van der Waals surface area (Å²) >= 11 is 0. The Hall–Kier alpha value is -1.61. The van der Waals surface area contributed by atoms with Gasteiger partial charge in [0, 0.05) is 7.05 Å². The summed E-state index contributed by atoms with van der Waals surface area (Å²) in [4.78, 5) is 16.7. The van der Waals surface area contributed by atoms with Gasteiger partial charge in [-0.15, -0.1) is 0 Å². The van der Waals surface area contributed by atoms with E-state index >= 15 is 0 Å². The average molecular weight is 275 g/mol. The molecule has 0 aromatic heterocycles. The molecule has 1 aliphatic carbocycles. The number of hydrogen-bond donors (Lipinski definition) is 0. The maximum Gasteiger partial charge on any atom is 1.00 e. The van der Waals surface area contributed by atoms with Crippen LogP contribution in [0.5, 0.6) is 0 Å².